The minimum atomic E-state index is -1.05. The van der Waals surface area contributed by atoms with Crippen molar-refractivity contribution in [2.24, 2.45) is 0 Å². The van der Waals surface area contributed by atoms with Gasteiger partial charge in [-0.1, -0.05) is 48.0 Å². The van der Waals surface area contributed by atoms with E-state index in [1.807, 2.05) is 63.2 Å². The normalized spacial score (nSPS) is 12.2. The van der Waals surface area contributed by atoms with Crippen LogP contribution in [0.1, 0.15) is 33.7 Å². The first-order chi connectivity index (χ1) is 9.00. The second-order valence-electron chi connectivity index (χ2n) is 4.98. The third-order valence-corrected chi connectivity index (χ3v) is 3.40. The van der Waals surface area contributed by atoms with Crippen LogP contribution in [0.5, 0.6) is 0 Å². The molecule has 0 aliphatic heterocycles. The summed E-state index contributed by atoms with van der Waals surface area (Å²) in [5.74, 6) is -1.76. The second kappa shape index (κ2) is 5.27. The first-order valence-electron chi connectivity index (χ1n) is 6.34. The van der Waals surface area contributed by atoms with Gasteiger partial charge < -0.3 is 9.90 Å². The number of carbonyl (C=O) groups excluding carboxylic acids is 1. The fourth-order valence-electron chi connectivity index (χ4n) is 2.71. The Morgan fingerprint density at radius 3 is 2.00 bits per heavy atom. The summed E-state index contributed by atoms with van der Waals surface area (Å²) in [6.45, 7) is 5.92. The summed E-state index contributed by atoms with van der Waals surface area (Å²) in [6.07, 6.45) is 0. The van der Waals surface area contributed by atoms with Crippen LogP contribution < -0.4 is 5.11 Å². The summed E-state index contributed by atoms with van der Waals surface area (Å²) in [5, 5.41) is 11.6. The Morgan fingerprint density at radius 2 is 1.53 bits per heavy atom. The molecule has 2 rings (SSSR count). The lowest BCUT2D eigenvalue weighted by atomic mass is 9.85. The van der Waals surface area contributed by atoms with E-state index in [1.165, 1.54) is 0 Å². The highest BCUT2D eigenvalue weighted by Gasteiger charge is 2.19. The number of aryl methyl sites for hydroxylation is 3. The highest BCUT2D eigenvalue weighted by molar-refractivity contribution is 5.80. The summed E-state index contributed by atoms with van der Waals surface area (Å²) in [6, 6.07) is 13.3. The van der Waals surface area contributed by atoms with Gasteiger partial charge in [0.1, 0.15) is 0 Å². The molecule has 0 saturated heterocycles. The van der Waals surface area contributed by atoms with E-state index in [1.54, 1.807) is 0 Å². The highest BCUT2D eigenvalue weighted by Crippen LogP contribution is 2.30. The molecule has 0 bridgehead atoms. The Morgan fingerprint density at radius 1 is 1.00 bits per heavy atom. The maximum atomic E-state index is 11.6. The second-order valence-corrected chi connectivity index (χ2v) is 4.98. The quantitative estimate of drug-likeness (QED) is 0.843. The number of carboxylic acid groups (broad SMARTS) is 1. The molecule has 0 amide bonds. The molecule has 0 heterocycles. The van der Waals surface area contributed by atoms with E-state index in [9.17, 15) is 9.90 Å². The van der Waals surface area contributed by atoms with Gasteiger partial charge in [0.05, 0.1) is 5.97 Å². The van der Waals surface area contributed by atoms with Gasteiger partial charge in [-0.05, 0) is 43.0 Å². The molecule has 0 spiro atoms. The Labute approximate surface area is 113 Å². The van der Waals surface area contributed by atoms with Crippen molar-refractivity contribution in [2.75, 3.05) is 0 Å². The maximum Gasteiger partial charge on any atom is 0.0533 e. The summed E-state index contributed by atoms with van der Waals surface area (Å²) >= 11 is 0. The summed E-state index contributed by atoms with van der Waals surface area (Å²) in [5.41, 5.74) is 4.74. The Bertz CT molecular complexity index is 577. The monoisotopic (exact) mass is 253 g/mol. The molecule has 0 N–H and O–H groups in total. The molecule has 98 valence electrons. The zero-order valence-corrected chi connectivity index (χ0v) is 11.4. The number of hydrogen-bond donors (Lipinski definition) is 0. The van der Waals surface area contributed by atoms with Crippen LogP contribution in [0.2, 0.25) is 0 Å². The van der Waals surface area contributed by atoms with Crippen LogP contribution in [-0.2, 0) is 4.79 Å². The molecular weight excluding hydrogens is 236 g/mol. The molecule has 2 aromatic carbocycles. The topological polar surface area (TPSA) is 40.1 Å². The lowest BCUT2D eigenvalue weighted by Crippen LogP contribution is -2.31. The van der Waals surface area contributed by atoms with Crippen LogP contribution in [0.15, 0.2) is 42.5 Å². The number of carbonyl (C=O) groups is 1. The van der Waals surface area contributed by atoms with Crippen molar-refractivity contribution in [3.8, 4) is 0 Å². The fraction of sp³-hybridized carbons (Fsp3) is 0.235. The van der Waals surface area contributed by atoms with Crippen LogP contribution in [0, 0.1) is 20.8 Å². The molecule has 2 heteroatoms. The van der Waals surface area contributed by atoms with Crippen molar-refractivity contribution in [1.29, 1.82) is 0 Å². The number of carboxylic acids is 1. The Balaban J connectivity index is 2.62. The predicted molar refractivity (Wildman–Crippen MR) is 73.9 cm³/mol. The lowest BCUT2D eigenvalue weighted by Gasteiger charge is -2.23. The Hall–Kier alpha value is -2.09. The fourth-order valence-corrected chi connectivity index (χ4v) is 2.71. The largest absolute Gasteiger partial charge is 0.549 e. The van der Waals surface area contributed by atoms with Gasteiger partial charge in [-0.3, -0.25) is 0 Å². The average molecular weight is 253 g/mol. The smallest absolute Gasteiger partial charge is 0.0533 e. The van der Waals surface area contributed by atoms with E-state index in [0.29, 0.717) is 0 Å². The van der Waals surface area contributed by atoms with Gasteiger partial charge >= 0.3 is 0 Å². The van der Waals surface area contributed by atoms with Crippen molar-refractivity contribution >= 4 is 5.97 Å². The molecular formula is C17H17O2-. The molecule has 0 unspecified atom stereocenters. The molecule has 2 aromatic rings. The SMILES string of the molecule is Cc1cc(C)c([C@H](C(=O)[O-])c2ccccc2)c(C)c1. The predicted octanol–water partition coefficient (Wildman–Crippen LogP) is 2.49. The Kier molecular flexibility index (Phi) is 3.70. The molecule has 0 aromatic heterocycles. The van der Waals surface area contributed by atoms with E-state index >= 15 is 0 Å². The number of hydrogen-bond acceptors (Lipinski definition) is 2. The van der Waals surface area contributed by atoms with Crippen molar-refractivity contribution in [2.45, 2.75) is 26.7 Å². The van der Waals surface area contributed by atoms with Gasteiger partial charge in [0.2, 0.25) is 0 Å². The van der Waals surface area contributed by atoms with Gasteiger partial charge in [0.15, 0.2) is 0 Å². The summed E-state index contributed by atoms with van der Waals surface area (Å²) in [4.78, 5) is 11.6. The third kappa shape index (κ3) is 2.68. The average Bonchev–Trinajstić information content (AvgIpc) is 2.34. The van der Waals surface area contributed by atoms with Crippen molar-refractivity contribution < 1.29 is 9.90 Å². The molecule has 19 heavy (non-hydrogen) atoms. The van der Waals surface area contributed by atoms with Crippen LogP contribution in [-0.4, -0.2) is 5.97 Å². The van der Waals surface area contributed by atoms with Crippen LogP contribution >= 0.6 is 0 Å². The van der Waals surface area contributed by atoms with Crippen molar-refractivity contribution in [3.63, 3.8) is 0 Å². The molecule has 0 fully saturated rings. The van der Waals surface area contributed by atoms with Crippen LogP contribution in [0.4, 0.5) is 0 Å². The zero-order valence-electron chi connectivity index (χ0n) is 11.4. The minimum Gasteiger partial charge on any atom is -0.549 e. The van der Waals surface area contributed by atoms with Crippen molar-refractivity contribution in [3.05, 3.63) is 70.3 Å². The van der Waals surface area contributed by atoms with E-state index in [2.05, 4.69) is 0 Å². The number of rotatable bonds is 3. The first kappa shape index (κ1) is 13.3. The molecule has 0 radical (unpaired) electrons. The lowest BCUT2D eigenvalue weighted by molar-refractivity contribution is -0.306. The summed E-state index contributed by atoms with van der Waals surface area (Å²) < 4.78 is 0. The van der Waals surface area contributed by atoms with Gasteiger partial charge in [-0.25, -0.2) is 0 Å². The molecule has 1 atom stereocenters. The molecule has 2 nitrogen and oxygen atoms in total. The third-order valence-electron chi connectivity index (χ3n) is 3.40. The standard InChI is InChI=1S/C17H18O2/c1-11-9-12(2)15(13(3)10-11)16(17(18)19)14-7-5-4-6-8-14/h4-10,16H,1-3H3,(H,18,19)/p-1/t16-/m1/s1. The zero-order chi connectivity index (χ0) is 14.0. The number of benzene rings is 2. The molecule has 0 saturated carbocycles. The summed E-state index contributed by atoms with van der Waals surface area (Å²) in [7, 11) is 0. The van der Waals surface area contributed by atoms with Crippen molar-refractivity contribution in [1.82, 2.24) is 0 Å². The molecule has 0 aliphatic rings. The maximum absolute atomic E-state index is 11.6. The first-order valence-corrected chi connectivity index (χ1v) is 6.34. The van der Waals surface area contributed by atoms with Gasteiger partial charge in [-0.15, -0.1) is 0 Å². The van der Waals surface area contributed by atoms with Gasteiger partial charge in [0.25, 0.3) is 0 Å². The highest BCUT2D eigenvalue weighted by atomic mass is 16.4. The van der Waals surface area contributed by atoms with Crippen LogP contribution in [0.3, 0.4) is 0 Å². The van der Waals surface area contributed by atoms with Gasteiger partial charge in [-0.2, -0.15) is 0 Å². The minimum absolute atomic E-state index is 0.707. The van der Waals surface area contributed by atoms with E-state index in [4.69, 9.17) is 0 Å². The van der Waals surface area contributed by atoms with Crippen LogP contribution in [0.25, 0.3) is 0 Å². The van der Waals surface area contributed by atoms with E-state index < -0.39 is 11.9 Å². The molecule has 0 aliphatic carbocycles. The van der Waals surface area contributed by atoms with E-state index in [-0.39, 0.29) is 0 Å². The number of aliphatic carboxylic acids is 1. The van der Waals surface area contributed by atoms with E-state index in [0.717, 1.165) is 27.8 Å². The van der Waals surface area contributed by atoms with Gasteiger partial charge in [0, 0.05) is 5.92 Å².